The first-order valence-electron chi connectivity index (χ1n) is 10.5. The highest BCUT2D eigenvalue weighted by molar-refractivity contribution is 6.32. The monoisotopic (exact) mass is 444 g/mol. The summed E-state index contributed by atoms with van der Waals surface area (Å²) in [5.74, 6) is -0.826. The van der Waals surface area contributed by atoms with Crippen molar-refractivity contribution in [2.75, 3.05) is 11.9 Å². The lowest BCUT2D eigenvalue weighted by Crippen LogP contribution is -2.46. The summed E-state index contributed by atoms with van der Waals surface area (Å²) < 4.78 is 19.4. The van der Waals surface area contributed by atoms with Gasteiger partial charge in [0, 0.05) is 17.8 Å². The van der Waals surface area contributed by atoms with Crippen LogP contribution in [0.1, 0.15) is 30.4 Å². The van der Waals surface area contributed by atoms with Crippen LogP contribution in [0.4, 0.5) is 10.1 Å². The van der Waals surface area contributed by atoms with E-state index < -0.39 is 17.6 Å². The number of nitrogens with one attached hydrogen (secondary N) is 1. The average molecular weight is 445 g/mol. The lowest BCUT2D eigenvalue weighted by atomic mass is 10.0. The van der Waals surface area contributed by atoms with Gasteiger partial charge in [0.25, 0.3) is 0 Å². The molecule has 0 spiro atoms. The molecule has 2 fully saturated rings. The number of hydrogen-bond acceptors (Lipinski definition) is 4. The molecular weight excluding hydrogens is 423 g/mol. The molecule has 8 heteroatoms. The van der Waals surface area contributed by atoms with Crippen molar-refractivity contribution in [2.45, 2.75) is 44.2 Å². The van der Waals surface area contributed by atoms with Gasteiger partial charge in [0.05, 0.1) is 18.1 Å². The first-order chi connectivity index (χ1) is 14.9. The van der Waals surface area contributed by atoms with Gasteiger partial charge >= 0.3 is 0 Å². The number of halogens is 2. The fraction of sp³-hybridized carbons (Fsp3) is 0.391. The van der Waals surface area contributed by atoms with E-state index in [4.69, 9.17) is 16.3 Å². The Kier molecular flexibility index (Phi) is 5.01. The predicted molar refractivity (Wildman–Crippen MR) is 113 cm³/mol. The Hall–Kier alpha value is -2.80. The Bertz CT molecular complexity index is 1050. The highest BCUT2D eigenvalue weighted by Crippen LogP contribution is 2.48. The van der Waals surface area contributed by atoms with Crippen LogP contribution in [0.2, 0.25) is 5.02 Å². The van der Waals surface area contributed by atoms with Gasteiger partial charge in [-0.2, -0.15) is 0 Å². The van der Waals surface area contributed by atoms with Crippen LogP contribution in [0.3, 0.4) is 0 Å². The molecule has 2 aromatic rings. The molecule has 2 amide bonds. The first kappa shape index (κ1) is 20.1. The Morgan fingerprint density at radius 3 is 2.90 bits per heavy atom. The summed E-state index contributed by atoms with van der Waals surface area (Å²) in [6.45, 7) is 0.717. The van der Waals surface area contributed by atoms with Crippen LogP contribution in [0.5, 0.6) is 11.5 Å². The molecule has 3 aliphatic rings. The lowest BCUT2D eigenvalue weighted by Gasteiger charge is -2.27. The number of benzene rings is 2. The number of anilines is 1. The van der Waals surface area contributed by atoms with E-state index >= 15 is 0 Å². The van der Waals surface area contributed by atoms with Crippen molar-refractivity contribution in [3.63, 3.8) is 0 Å². The van der Waals surface area contributed by atoms with Crippen molar-refractivity contribution in [3.05, 3.63) is 52.3 Å². The first-order valence-corrected chi connectivity index (χ1v) is 10.8. The molecule has 31 heavy (non-hydrogen) atoms. The van der Waals surface area contributed by atoms with Crippen molar-refractivity contribution in [2.24, 2.45) is 5.92 Å². The number of aromatic hydroxyl groups is 1. The van der Waals surface area contributed by atoms with Gasteiger partial charge in [-0.3, -0.25) is 9.59 Å². The van der Waals surface area contributed by atoms with Gasteiger partial charge in [-0.05, 0) is 54.9 Å². The zero-order valence-corrected chi connectivity index (χ0v) is 17.5. The summed E-state index contributed by atoms with van der Waals surface area (Å²) in [7, 11) is 0. The molecule has 6 nitrogen and oxygen atoms in total. The van der Waals surface area contributed by atoms with Gasteiger partial charge in [0.2, 0.25) is 11.8 Å². The van der Waals surface area contributed by atoms with Crippen LogP contribution in [-0.2, 0) is 22.4 Å². The van der Waals surface area contributed by atoms with E-state index in [2.05, 4.69) is 5.32 Å². The SMILES string of the molecule is O=C(Nc1cc(F)c(O)c(Cl)c1)[C@H]1C[C@@H]2C[C@@H]2N1C(=O)Cc1ccc2c(c1)CCCO2. The van der Waals surface area contributed by atoms with Gasteiger partial charge in [-0.1, -0.05) is 23.7 Å². The third kappa shape index (κ3) is 3.82. The number of ether oxygens (including phenoxy) is 1. The molecule has 3 atom stereocenters. The van der Waals surface area contributed by atoms with E-state index in [9.17, 15) is 19.1 Å². The number of rotatable bonds is 4. The molecule has 2 aliphatic heterocycles. The zero-order valence-electron chi connectivity index (χ0n) is 16.7. The number of carbonyl (C=O) groups excluding carboxylic acids is 2. The number of amides is 2. The Morgan fingerprint density at radius 1 is 1.26 bits per heavy atom. The minimum atomic E-state index is -0.915. The van der Waals surface area contributed by atoms with Crippen LogP contribution in [0.25, 0.3) is 0 Å². The number of nitrogens with zero attached hydrogens (tertiary/aromatic N) is 1. The number of carbonyl (C=O) groups is 2. The Morgan fingerprint density at radius 2 is 2.10 bits per heavy atom. The lowest BCUT2D eigenvalue weighted by molar-refractivity contribution is -0.137. The highest BCUT2D eigenvalue weighted by Gasteiger charge is 2.55. The molecule has 2 heterocycles. The second-order valence-electron chi connectivity index (χ2n) is 8.46. The summed E-state index contributed by atoms with van der Waals surface area (Å²) in [5.41, 5.74) is 2.17. The highest BCUT2D eigenvalue weighted by atomic mass is 35.5. The molecular formula is C23H22ClFN2O4. The molecule has 0 unspecified atom stereocenters. The second-order valence-corrected chi connectivity index (χ2v) is 8.87. The minimum absolute atomic E-state index is 0.0863. The summed E-state index contributed by atoms with van der Waals surface area (Å²) >= 11 is 5.80. The number of fused-ring (bicyclic) bond motifs is 2. The van der Waals surface area contributed by atoms with Crippen molar-refractivity contribution < 1.29 is 23.8 Å². The largest absolute Gasteiger partial charge is 0.504 e. The van der Waals surface area contributed by atoms with Crippen LogP contribution in [0.15, 0.2) is 30.3 Å². The summed E-state index contributed by atoms with van der Waals surface area (Å²) in [6, 6.07) is 7.61. The molecule has 1 saturated carbocycles. The molecule has 5 rings (SSSR count). The number of piperidine rings is 1. The van der Waals surface area contributed by atoms with E-state index in [1.807, 2.05) is 18.2 Å². The number of aryl methyl sites for hydroxylation is 1. The molecule has 1 saturated heterocycles. The van der Waals surface area contributed by atoms with Crippen molar-refractivity contribution in [1.82, 2.24) is 4.90 Å². The fourth-order valence-corrected chi connectivity index (χ4v) is 4.91. The Labute approximate surface area is 183 Å². The average Bonchev–Trinajstić information content (AvgIpc) is 3.40. The number of phenolic OH excluding ortho intramolecular Hbond substituents is 1. The van der Waals surface area contributed by atoms with Gasteiger partial charge < -0.3 is 20.1 Å². The fourth-order valence-electron chi connectivity index (χ4n) is 4.70. The summed E-state index contributed by atoms with van der Waals surface area (Å²) in [5, 5.41) is 11.9. The maximum Gasteiger partial charge on any atom is 0.247 e. The Balaban J connectivity index is 1.30. The van der Waals surface area contributed by atoms with E-state index in [1.165, 1.54) is 6.07 Å². The van der Waals surface area contributed by atoms with Gasteiger partial charge in [-0.15, -0.1) is 0 Å². The molecule has 162 valence electrons. The number of phenols is 1. The minimum Gasteiger partial charge on any atom is -0.504 e. The van der Waals surface area contributed by atoms with Gasteiger partial charge in [-0.25, -0.2) is 4.39 Å². The van der Waals surface area contributed by atoms with Gasteiger partial charge in [0.15, 0.2) is 11.6 Å². The van der Waals surface area contributed by atoms with Crippen molar-refractivity contribution >= 4 is 29.1 Å². The quantitative estimate of drug-likeness (QED) is 0.705. The summed E-state index contributed by atoms with van der Waals surface area (Å²) in [6.07, 6.45) is 3.62. The van der Waals surface area contributed by atoms with E-state index in [1.54, 1.807) is 4.90 Å². The smallest absolute Gasteiger partial charge is 0.247 e. The third-order valence-electron chi connectivity index (χ3n) is 6.31. The molecule has 0 aromatic heterocycles. The van der Waals surface area contributed by atoms with Gasteiger partial charge in [0.1, 0.15) is 11.8 Å². The standard InChI is InChI=1S/C23H22ClFN2O4/c24-16-10-15(11-17(25)22(16)29)26-23(30)19-9-14-8-18(14)27(19)21(28)7-12-3-4-20-13(6-12)2-1-5-31-20/h3-4,6,10-11,14,18-19,29H,1-2,5,7-9H2,(H,26,30)/t14-,18-,19+/m0/s1. The van der Waals surface area contributed by atoms with E-state index in [-0.39, 0.29) is 35.0 Å². The molecule has 1 aliphatic carbocycles. The number of hydrogen-bond donors (Lipinski definition) is 2. The topological polar surface area (TPSA) is 78.9 Å². The normalized spacial score (nSPS) is 23.5. The second kappa shape index (κ2) is 7.71. The van der Waals surface area contributed by atoms with E-state index in [0.29, 0.717) is 12.3 Å². The van der Waals surface area contributed by atoms with Crippen LogP contribution < -0.4 is 10.1 Å². The summed E-state index contributed by atoms with van der Waals surface area (Å²) in [4.78, 5) is 27.7. The number of likely N-dealkylation sites (tertiary alicyclic amines) is 1. The van der Waals surface area contributed by atoms with Crippen LogP contribution >= 0.6 is 11.6 Å². The van der Waals surface area contributed by atoms with Crippen molar-refractivity contribution in [1.29, 1.82) is 0 Å². The maximum atomic E-state index is 13.7. The molecule has 2 N–H and O–H groups in total. The molecule has 0 bridgehead atoms. The van der Waals surface area contributed by atoms with Crippen molar-refractivity contribution in [3.8, 4) is 11.5 Å². The molecule has 2 aromatic carbocycles. The molecule has 0 radical (unpaired) electrons. The van der Waals surface area contributed by atoms with E-state index in [0.717, 1.165) is 48.8 Å². The zero-order chi connectivity index (χ0) is 21.7. The predicted octanol–water partition coefficient (Wildman–Crippen LogP) is 3.68. The van der Waals surface area contributed by atoms with Crippen LogP contribution in [0, 0.1) is 11.7 Å². The third-order valence-corrected chi connectivity index (χ3v) is 6.60. The van der Waals surface area contributed by atoms with Crippen LogP contribution in [-0.4, -0.2) is 40.5 Å². The maximum absolute atomic E-state index is 13.7.